The average molecular weight is 888 g/mol. The first-order chi connectivity index (χ1) is 31.7. The SMILES string of the molecule is C=CCOC12Oc3ccc(Oc4ccc(-c5ccccc5)cc4)cc3C3C(CCCCO)C(CCCCO)C=C(C(=NOCc4ccc([N+](=O)[O-])cc4)CC1N(CCC)C(=O)OCC)C32. The molecule has 6 atom stereocenters. The van der Waals surface area contributed by atoms with Crippen LogP contribution in [0, 0.1) is 27.9 Å². The highest BCUT2D eigenvalue weighted by Crippen LogP contribution is 2.62. The van der Waals surface area contributed by atoms with E-state index in [1.165, 1.54) is 12.1 Å². The van der Waals surface area contributed by atoms with Crippen molar-refractivity contribution in [3.05, 3.63) is 143 Å². The number of aliphatic hydroxyl groups is 2. The van der Waals surface area contributed by atoms with Gasteiger partial charge >= 0.3 is 6.09 Å². The lowest BCUT2D eigenvalue weighted by atomic mass is 9.55. The molecule has 1 aliphatic heterocycles. The molecular formula is C52H61N3O10. The van der Waals surface area contributed by atoms with Crippen LogP contribution in [-0.2, 0) is 20.9 Å². The molecule has 2 aliphatic carbocycles. The van der Waals surface area contributed by atoms with Gasteiger partial charge in [0, 0.05) is 49.8 Å². The van der Waals surface area contributed by atoms with Crippen molar-refractivity contribution in [2.24, 2.45) is 22.9 Å². The molecule has 1 amide bonds. The minimum atomic E-state index is -1.43. The van der Waals surface area contributed by atoms with Crippen LogP contribution >= 0.6 is 0 Å². The van der Waals surface area contributed by atoms with E-state index < -0.39 is 28.8 Å². The second-order valence-electron chi connectivity index (χ2n) is 16.9. The maximum absolute atomic E-state index is 14.1. The zero-order valence-corrected chi connectivity index (χ0v) is 37.4. The number of fused-ring (bicyclic) bond motifs is 2. The minimum absolute atomic E-state index is 0.0204. The second-order valence-corrected chi connectivity index (χ2v) is 16.9. The van der Waals surface area contributed by atoms with E-state index in [1.54, 1.807) is 30.0 Å². The van der Waals surface area contributed by atoms with Crippen molar-refractivity contribution in [3.8, 4) is 28.4 Å². The van der Waals surface area contributed by atoms with E-state index in [0.29, 0.717) is 54.3 Å². The van der Waals surface area contributed by atoms with Gasteiger partial charge in [0.2, 0.25) is 5.79 Å². The fourth-order valence-electron chi connectivity index (χ4n) is 9.91. The molecule has 0 spiro atoms. The number of aliphatic hydroxyl groups excluding tert-OH is 2. The summed E-state index contributed by atoms with van der Waals surface area (Å²) in [5.74, 6) is -0.222. The highest BCUT2D eigenvalue weighted by atomic mass is 16.7. The number of amides is 1. The molecule has 13 nitrogen and oxygen atoms in total. The number of carbonyl (C=O) groups excluding carboxylic acids is 1. The van der Waals surface area contributed by atoms with Crippen molar-refractivity contribution in [2.75, 3.05) is 33.0 Å². The topological polar surface area (TPSA) is 162 Å². The van der Waals surface area contributed by atoms with Crippen molar-refractivity contribution in [3.63, 3.8) is 0 Å². The number of rotatable bonds is 22. The summed E-state index contributed by atoms with van der Waals surface area (Å²) >= 11 is 0. The fraction of sp³-hybridized carbons (Fsp3) is 0.423. The van der Waals surface area contributed by atoms with Gasteiger partial charge < -0.3 is 34.0 Å². The third-order valence-electron chi connectivity index (χ3n) is 12.7. The highest BCUT2D eigenvalue weighted by molar-refractivity contribution is 6.03. The molecule has 344 valence electrons. The van der Waals surface area contributed by atoms with Crippen molar-refractivity contribution >= 4 is 17.5 Å². The largest absolute Gasteiger partial charge is 0.459 e. The lowest BCUT2D eigenvalue weighted by Crippen LogP contribution is -2.70. The molecule has 2 N–H and O–H groups in total. The summed E-state index contributed by atoms with van der Waals surface area (Å²) in [7, 11) is 0. The van der Waals surface area contributed by atoms with Gasteiger partial charge in [-0.15, -0.1) is 6.58 Å². The molecule has 4 aromatic rings. The molecule has 7 rings (SSSR count). The number of unbranched alkanes of at least 4 members (excludes halogenated alkanes) is 2. The Balaban J connectivity index is 1.38. The van der Waals surface area contributed by atoms with Gasteiger partial charge in [0.15, 0.2) is 0 Å². The van der Waals surface area contributed by atoms with Crippen LogP contribution in [0.5, 0.6) is 17.2 Å². The number of ether oxygens (including phenoxy) is 4. The summed E-state index contributed by atoms with van der Waals surface area (Å²) in [6, 6.07) is 29.5. The van der Waals surface area contributed by atoms with Gasteiger partial charge in [-0.2, -0.15) is 0 Å². The van der Waals surface area contributed by atoms with Crippen LogP contribution in [0.4, 0.5) is 10.5 Å². The molecule has 13 heteroatoms. The van der Waals surface area contributed by atoms with Crippen LogP contribution < -0.4 is 9.47 Å². The molecule has 65 heavy (non-hydrogen) atoms. The molecule has 3 aliphatic rings. The highest BCUT2D eigenvalue weighted by Gasteiger charge is 2.65. The molecule has 0 bridgehead atoms. The lowest BCUT2D eigenvalue weighted by molar-refractivity contribution is -0.384. The number of hydrogen-bond acceptors (Lipinski definition) is 11. The third kappa shape index (κ3) is 10.6. The first-order valence-corrected chi connectivity index (χ1v) is 23.0. The molecule has 0 saturated heterocycles. The number of non-ortho nitro benzene ring substituents is 1. The Bertz CT molecular complexity index is 2280. The Kier molecular flexibility index (Phi) is 16.1. The van der Waals surface area contributed by atoms with Gasteiger partial charge in [-0.1, -0.05) is 79.5 Å². The quantitative estimate of drug-likeness (QED) is 0.0336. The van der Waals surface area contributed by atoms with Crippen LogP contribution in [0.1, 0.15) is 82.3 Å². The molecule has 1 fully saturated rings. The van der Waals surface area contributed by atoms with Gasteiger partial charge in [0.05, 0.1) is 29.8 Å². The molecule has 1 saturated carbocycles. The number of carbonyl (C=O) groups is 1. The zero-order valence-electron chi connectivity index (χ0n) is 37.4. The van der Waals surface area contributed by atoms with Gasteiger partial charge in [-0.3, -0.25) is 15.0 Å². The Morgan fingerprint density at radius 3 is 2.32 bits per heavy atom. The number of nitrogens with zero attached hydrogens (tertiary/aromatic N) is 3. The van der Waals surface area contributed by atoms with Crippen molar-refractivity contribution in [1.82, 2.24) is 4.90 Å². The number of benzene rings is 4. The summed E-state index contributed by atoms with van der Waals surface area (Å²) in [5, 5.41) is 36.1. The van der Waals surface area contributed by atoms with Crippen LogP contribution in [0.2, 0.25) is 0 Å². The molecule has 4 aromatic carbocycles. The Labute approximate surface area is 381 Å². The zero-order chi connectivity index (χ0) is 45.8. The third-order valence-corrected chi connectivity index (χ3v) is 12.7. The van der Waals surface area contributed by atoms with Gasteiger partial charge in [-0.25, -0.2) is 4.79 Å². The maximum atomic E-state index is 14.1. The summed E-state index contributed by atoms with van der Waals surface area (Å²) in [6.45, 7) is 8.66. The van der Waals surface area contributed by atoms with Crippen LogP contribution in [-0.4, -0.2) is 76.6 Å². The van der Waals surface area contributed by atoms with Crippen LogP contribution in [0.25, 0.3) is 11.1 Å². The number of oxime groups is 1. The first-order valence-electron chi connectivity index (χ1n) is 23.0. The summed E-state index contributed by atoms with van der Waals surface area (Å²) in [4.78, 5) is 32.9. The van der Waals surface area contributed by atoms with E-state index in [0.717, 1.165) is 47.9 Å². The van der Waals surface area contributed by atoms with Crippen molar-refractivity contribution < 1.29 is 43.7 Å². The normalized spacial score (nSPS) is 22.4. The van der Waals surface area contributed by atoms with E-state index in [-0.39, 0.29) is 62.9 Å². The standard InChI is InChI=1S/C52H61N3O10/c1-4-28-54(51(58)61-6-3)48-34-46(53-63-35-36-18-22-40(23-19-36)55(59)60)44-32-39(16-10-12-29-56)43(17-11-13-30-57)49-45-33-42(26-27-47(45)65-52(48,50(44)49)62-31-5-2)64-41-24-20-38(21-25-41)37-14-8-7-9-15-37/h5,7-9,14-15,18-27,32-33,39,43,48-50,56-57H,2,4,6,10-13,16-17,28-31,34-35H2,1,3H3. The van der Waals surface area contributed by atoms with Gasteiger partial charge in [0.25, 0.3) is 5.69 Å². The van der Waals surface area contributed by atoms with Crippen LogP contribution in [0.3, 0.4) is 0 Å². The van der Waals surface area contributed by atoms with Crippen molar-refractivity contribution in [2.45, 2.75) is 89.6 Å². The monoisotopic (exact) mass is 887 g/mol. The van der Waals surface area contributed by atoms with E-state index in [4.69, 9.17) is 28.9 Å². The number of hydrogen-bond donors (Lipinski definition) is 2. The summed E-state index contributed by atoms with van der Waals surface area (Å²) in [6.07, 6.45) is 8.75. The Hall–Kier alpha value is -6.02. The van der Waals surface area contributed by atoms with Gasteiger partial charge in [-0.05, 0) is 116 Å². The molecular weight excluding hydrogens is 827 g/mol. The predicted octanol–water partition coefficient (Wildman–Crippen LogP) is 10.8. The van der Waals surface area contributed by atoms with E-state index in [2.05, 4.69) is 30.9 Å². The van der Waals surface area contributed by atoms with Crippen LogP contribution in [0.15, 0.2) is 127 Å². The summed E-state index contributed by atoms with van der Waals surface area (Å²) in [5.41, 5.74) is 5.33. The fourth-order valence-corrected chi connectivity index (χ4v) is 9.91. The first kappa shape index (κ1) is 47.0. The van der Waals surface area contributed by atoms with E-state index in [1.807, 2.05) is 61.5 Å². The smallest absolute Gasteiger partial charge is 0.410 e. The van der Waals surface area contributed by atoms with Crippen molar-refractivity contribution in [1.29, 1.82) is 0 Å². The Morgan fingerprint density at radius 2 is 1.65 bits per heavy atom. The minimum Gasteiger partial charge on any atom is -0.459 e. The molecule has 0 radical (unpaired) electrons. The lowest BCUT2D eigenvalue weighted by Gasteiger charge is -2.59. The Morgan fingerprint density at radius 1 is 0.938 bits per heavy atom. The maximum Gasteiger partial charge on any atom is 0.410 e. The van der Waals surface area contributed by atoms with E-state index >= 15 is 0 Å². The second kappa shape index (κ2) is 22.3. The number of allylic oxidation sites excluding steroid dienone is 1. The average Bonchev–Trinajstić information content (AvgIpc) is 3.32. The molecule has 6 unspecified atom stereocenters. The summed E-state index contributed by atoms with van der Waals surface area (Å²) < 4.78 is 26.7. The van der Waals surface area contributed by atoms with Gasteiger partial charge in [0.1, 0.15) is 29.9 Å². The number of nitro groups is 1. The predicted molar refractivity (Wildman–Crippen MR) is 249 cm³/mol. The molecule has 0 aromatic heterocycles. The molecule has 1 heterocycles. The number of nitro benzene ring substituents is 1. The van der Waals surface area contributed by atoms with E-state index in [9.17, 15) is 25.1 Å².